The zero-order valence-corrected chi connectivity index (χ0v) is 44.3. The minimum atomic E-state index is -0.761. The van der Waals surface area contributed by atoms with E-state index >= 15 is 0 Å². The van der Waals surface area contributed by atoms with Crippen molar-refractivity contribution in [2.45, 2.75) is 348 Å². The quantitative estimate of drug-likeness (QED) is 0.0344. The van der Waals surface area contributed by atoms with Crippen molar-refractivity contribution >= 4 is 17.9 Å². The third-order valence-electron chi connectivity index (χ3n) is 13.6. The Hall–Kier alpha value is -1.59. The lowest BCUT2D eigenvalue weighted by Gasteiger charge is -2.18. The van der Waals surface area contributed by atoms with Crippen LogP contribution in [0.2, 0.25) is 0 Å². The molecule has 0 rings (SSSR count). The summed E-state index contributed by atoms with van der Waals surface area (Å²) in [7, 11) is 0. The summed E-state index contributed by atoms with van der Waals surface area (Å²) >= 11 is 0. The second-order valence-corrected chi connectivity index (χ2v) is 20.3. The molecule has 0 aromatic carbocycles. The van der Waals surface area contributed by atoms with Gasteiger partial charge in [0.05, 0.1) is 0 Å². The molecule has 0 aromatic heterocycles. The van der Waals surface area contributed by atoms with Gasteiger partial charge < -0.3 is 14.2 Å². The number of ether oxygens (including phenoxy) is 3. The Morgan fingerprint density at radius 2 is 0.415 bits per heavy atom. The molecular formula is C59H114O6. The predicted molar refractivity (Wildman–Crippen MR) is 280 cm³/mol. The molecule has 0 N–H and O–H groups in total. The van der Waals surface area contributed by atoms with Gasteiger partial charge in [-0.2, -0.15) is 0 Å². The van der Waals surface area contributed by atoms with E-state index in [1.165, 1.54) is 244 Å². The molecule has 386 valence electrons. The van der Waals surface area contributed by atoms with Crippen LogP contribution in [-0.4, -0.2) is 37.2 Å². The summed E-state index contributed by atoms with van der Waals surface area (Å²) in [4.78, 5) is 38.2. The van der Waals surface area contributed by atoms with Gasteiger partial charge in [-0.25, -0.2) is 0 Å². The van der Waals surface area contributed by atoms with E-state index in [4.69, 9.17) is 14.2 Å². The van der Waals surface area contributed by atoms with Crippen LogP contribution in [0.25, 0.3) is 0 Å². The fourth-order valence-corrected chi connectivity index (χ4v) is 9.15. The number of carbonyl (C=O) groups is 3. The van der Waals surface area contributed by atoms with E-state index in [-0.39, 0.29) is 31.1 Å². The number of hydrogen-bond acceptors (Lipinski definition) is 6. The SMILES string of the molecule is CCCCCCCCCCCCCCCCCCCC(=O)OC[C@@H](COC(=O)CCCCCCCCCCCCCCCCCC)OC(=O)CCCCCCCCCCCCCCCC. The van der Waals surface area contributed by atoms with Crippen molar-refractivity contribution in [3.05, 3.63) is 0 Å². The predicted octanol–water partition coefficient (Wildman–Crippen LogP) is 19.5. The Balaban J connectivity index is 4.28. The highest BCUT2D eigenvalue weighted by molar-refractivity contribution is 5.71. The summed E-state index contributed by atoms with van der Waals surface area (Å²) in [5.41, 5.74) is 0. The first-order chi connectivity index (χ1) is 32.0. The van der Waals surface area contributed by atoms with Gasteiger partial charge in [0.1, 0.15) is 13.2 Å². The molecule has 65 heavy (non-hydrogen) atoms. The molecule has 0 bridgehead atoms. The Bertz CT molecular complexity index is 967. The van der Waals surface area contributed by atoms with Crippen molar-refractivity contribution < 1.29 is 28.6 Å². The van der Waals surface area contributed by atoms with Gasteiger partial charge in [-0.05, 0) is 19.3 Å². The van der Waals surface area contributed by atoms with Crippen LogP contribution < -0.4 is 0 Å². The van der Waals surface area contributed by atoms with Crippen molar-refractivity contribution in [3.8, 4) is 0 Å². The topological polar surface area (TPSA) is 78.9 Å². The van der Waals surface area contributed by atoms with Crippen molar-refractivity contribution in [2.24, 2.45) is 0 Å². The number of rotatable bonds is 55. The molecule has 0 radical (unpaired) electrons. The monoisotopic (exact) mass is 919 g/mol. The fraction of sp³-hybridized carbons (Fsp3) is 0.949. The van der Waals surface area contributed by atoms with Crippen LogP contribution >= 0.6 is 0 Å². The van der Waals surface area contributed by atoms with Crippen LogP contribution in [0.1, 0.15) is 342 Å². The molecule has 0 heterocycles. The van der Waals surface area contributed by atoms with Gasteiger partial charge in [-0.3, -0.25) is 14.4 Å². The molecule has 0 aromatic rings. The smallest absolute Gasteiger partial charge is 0.306 e. The highest BCUT2D eigenvalue weighted by atomic mass is 16.6. The first-order valence-electron chi connectivity index (χ1n) is 29.5. The molecule has 0 amide bonds. The maximum Gasteiger partial charge on any atom is 0.306 e. The maximum atomic E-state index is 12.8. The minimum Gasteiger partial charge on any atom is -0.462 e. The Morgan fingerprint density at radius 1 is 0.246 bits per heavy atom. The summed E-state index contributed by atoms with van der Waals surface area (Å²) in [5, 5.41) is 0. The van der Waals surface area contributed by atoms with E-state index in [9.17, 15) is 14.4 Å². The van der Waals surface area contributed by atoms with E-state index in [1.807, 2.05) is 0 Å². The van der Waals surface area contributed by atoms with Gasteiger partial charge in [-0.15, -0.1) is 0 Å². The molecule has 0 unspecified atom stereocenters. The summed E-state index contributed by atoms with van der Waals surface area (Å²) in [6, 6.07) is 0. The van der Waals surface area contributed by atoms with Gasteiger partial charge >= 0.3 is 17.9 Å². The average Bonchev–Trinajstić information content (AvgIpc) is 3.30. The molecule has 0 aliphatic carbocycles. The van der Waals surface area contributed by atoms with Crippen LogP contribution in [0.5, 0.6) is 0 Å². The van der Waals surface area contributed by atoms with E-state index in [0.717, 1.165) is 57.8 Å². The van der Waals surface area contributed by atoms with Crippen molar-refractivity contribution in [1.82, 2.24) is 0 Å². The first kappa shape index (κ1) is 63.4. The summed E-state index contributed by atoms with van der Waals surface area (Å²) < 4.78 is 16.9. The van der Waals surface area contributed by atoms with Crippen LogP contribution in [-0.2, 0) is 28.6 Å². The molecule has 0 spiro atoms. The Morgan fingerprint density at radius 3 is 0.615 bits per heavy atom. The largest absolute Gasteiger partial charge is 0.462 e. The van der Waals surface area contributed by atoms with Gasteiger partial charge in [-0.1, -0.05) is 303 Å². The lowest BCUT2D eigenvalue weighted by molar-refractivity contribution is -0.167. The molecule has 6 heteroatoms. The third-order valence-corrected chi connectivity index (χ3v) is 13.6. The van der Waals surface area contributed by atoms with Crippen molar-refractivity contribution in [1.29, 1.82) is 0 Å². The molecule has 0 saturated carbocycles. The van der Waals surface area contributed by atoms with Crippen molar-refractivity contribution in [3.63, 3.8) is 0 Å². The van der Waals surface area contributed by atoms with Gasteiger partial charge in [0.25, 0.3) is 0 Å². The number of unbranched alkanes of at least 4 members (excludes halogenated alkanes) is 44. The Kier molecular flexibility index (Phi) is 53.7. The highest BCUT2D eigenvalue weighted by Gasteiger charge is 2.19. The third kappa shape index (κ3) is 53.2. The van der Waals surface area contributed by atoms with E-state index in [2.05, 4.69) is 20.8 Å². The van der Waals surface area contributed by atoms with Crippen LogP contribution in [0.15, 0.2) is 0 Å². The highest BCUT2D eigenvalue weighted by Crippen LogP contribution is 2.18. The zero-order chi connectivity index (χ0) is 47.2. The van der Waals surface area contributed by atoms with Gasteiger partial charge in [0.2, 0.25) is 0 Å². The van der Waals surface area contributed by atoms with Gasteiger partial charge in [0.15, 0.2) is 6.10 Å². The number of esters is 3. The normalized spacial score (nSPS) is 11.9. The maximum absolute atomic E-state index is 12.8. The van der Waals surface area contributed by atoms with Crippen LogP contribution in [0, 0.1) is 0 Å². The molecule has 0 fully saturated rings. The standard InChI is InChI=1S/C59H114O6/c1-4-7-10-13-16-19-22-25-28-30-32-35-37-40-43-46-49-52-58(61)64-55-56(65-59(62)53-50-47-44-41-38-33-27-24-21-18-15-12-9-6-3)54-63-57(60)51-48-45-42-39-36-34-31-29-26-23-20-17-14-11-8-5-2/h56H,4-55H2,1-3H3/t56-/m1/s1. The lowest BCUT2D eigenvalue weighted by atomic mass is 10.0. The molecular weight excluding hydrogens is 805 g/mol. The molecule has 1 atom stereocenters. The Labute approximate surface area is 406 Å². The van der Waals surface area contributed by atoms with E-state index in [1.54, 1.807) is 0 Å². The molecule has 0 aliphatic rings. The van der Waals surface area contributed by atoms with E-state index in [0.29, 0.717) is 19.3 Å². The summed E-state index contributed by atoms with van der Waals surface area (Å²) in [6.07, 6.45) is 60.9. The van der Waals surface area contributed by atoms with Gasteiger partial charge in [0, 0.05) is 19.3 Å². The molecule has 0 saturated heterocycles. The summed E-state index contributed by atoms with van der Waals surface area (Å²) in [5.74, 6) is -0.830. The summed E-state index contributed by atoms with van der Waals surface area (Å²) in [6.45, 7) is 6.71. The van der Waals surface area contributed by atoms with Crippen LogP contribution in [0.3, 0.4) is 0 Å². The fourth-order valence-electron chi connectivity index (χ4n) is 9.15. The number of hydrogen-bond donors (Lipinski definition) is 0. The molecule has 6 nitrogen and oxygen atoms in total. The van der Waals surface area contributed by atoms with Crippen LogP contribution in [0.4, 0.5) is 0 Å². The second kappa shape index (κ2) is 55.0. The zero-order valence-electron chi connectivity index (χ0n) is 44.3. The average molecular weight is 920 g/mol. The molecule has 0 aliphatic heterocycles. The van der Waals surface area contributed by atoms with E-state index < -0.39 is 6.10 Å². The minimum absolute atomic E-state index is 0.0609. The second-order valence-electron chi connectivity index (χ2n) is 20.3. The number of carbonyl (C=O) groups excluding carboxylic acids is 3. The first-order valence-corrected chi connectivity index (χ1v) is 29.5. The van der Waals surface area contributed by atoms with Crippen molar-refractivity contribution in [2.75, 3.05) is 13.2 Å². The lowest BCUT2D eigenvalue weighted by Crippen LogP contribution is -2.30.